The number of hydrogen-bond acceptors (Lipinski definition) is 3. The molecule has 10 heteroatoms. The third-order valence-electron chi connectivity index (χ3n) is 2.57. The molecule has 19 heavy (non-hydrogen) atoms. The van der Waals surface area contributed by atoms with Gasteiger partial charge in [0.15, 0.2) is 12.1 Å². The van der Waals surface area contributed by atoms with Gasteiger partial charge in [0.25, 0.3) is 3.79 Å². The van der Waals surface area contributed by atoms with Gasteiger partial charge in [0, 0.05) is 6.61 Å². The largest absolute Gasteiger partial charge is 0.356 e. The molecule has 4 nitrogen and oxygen atoms in total. The molecule has 0 aliphatic carbocycles. The fourth-order valence-corrected chi connectivity index (χ4v) is 2.38. The zero-order chi connectivity index (χ0) is 14.3. The molecule has 0 radical (unpaired) electrons. The molecule has 2 heterocycles. The number of alkyl halides is 6. The third kappa shape index (κ3) is 3.94. The minimum absolute atomic E-state index is 0.0481. The third-order valence-corrected chi connectivity index (χ3v) is 3.58. The predicted molar refractivity (Wildman–Crippen MR) is 77.3 cm³/mol. The first kappa shape index (κ1) is 16.2. The Balaban J connectivity index is 2.42. The Kier molecular flexibility index (Phi) is 5.05. The van der Waals surface area contributed by atoms with Crippen LogP contribution in [0.2, 0.25) is 0 Å². The van der Waals surface area contributed by atoms with E-state index >= 15 is 0 Å². The number of rotatable bonds is 1. The summed E-state index contributed by atoms with van der Waals surface area (Å²) in [5.74, 6) is 0.0266. The Morgan fingerprint density at radius 2 is 1.74 bits per heavy atom. The van der Waals surface area contributed by atoms with Crippen LogP contribution in [0.25, 0.3) is 0 Å². The van der Waals surface area contributed by atoms with E-state index in [2.05, 4.69) is 10.1 Å². The van der Waals surface area contributed by atoms with Crippen molar-refractivity contribution in [1.82, 2.24) is 14.8 Å². The van der Waals surface area contributed by atoms with Crippen LogP contribution in [0.5, 0.6) is 0 Å². The average Bonchev–Trinajstić information content (AvgIpc) is 2.74. The van der Waals surface area contributed by atoms with Gasteiger partial charge in [-0.3, -0.25) is 0 Å². The van der Waals surface area contributed by atoms with Crippen LogP contribution in [0.1, 0.15) is 37.1 Å². The summed E-state index contributed by atoms with van der Waals surface area (Å²) in [7, 11) is 0. The molecule has 1 fully saturated rings. The number of nitrogens with zero attached hydrogens (tertiary/aromatic N) is 3. The highest BCUT2D eigenvalue weighted by molar-refractivity contribution is 6.67. The van der Waals surface area contributed by atoms with Crippen molar-refractivity contribution in [2.45, 2.75) is 33.1 Å². The van der Waals surface area contributed by atoms with Crippen LogP contribution in [0.4, 0.5) is 0 Å². The van der Waals surface area contributed by atoms with E-state index in [4.69, 9.17) is 74.3 Å². The maximum Gasteiger partial charge on any atom is 0.251 e. The zero-order valence-electron chi connectivity index (χ0n) is 9.42. The van der Waals surface area contributed by atoms with Crippen molar-refractivity contribution < 1.29 is 4.74 Å². The van der Waals surface area contributed by atoms with E-state index in [-0.39, 0.29) is 17.9 Å². The van der Waals surface area contributed by atoms with Crippen LogP contribution in [0.3, 0.4) is 0 Å². The summed E-state index contributed by atoms with van der Waals surface area (Å²) in [5.41, 5.74) is 0. The standard InChI is InChI=1S/C9H9Cl6N3O/c10-8(11,12)6-16-7(9(13,14)15)18(17-6)5-3-1-2-4-19-5/h5H,1-4H2. The van der Waals surface area contributed by atoms with Crippen molar-refractivity contribution in [2.24, 2.45) is 0 Å². The molecule has 2 rings (SSSR count). The van der Waals surface area contributed by atoms with Gasteiger partial charge in [-0.2, -0.15) is 0 Å². The van der Waals surface area contributed by atoms with Crippen LogP contribution >= 0.6 is 69.6 Å². The molecule has 0 bridgehead atoms. The Morgan fingerprint density at radius 1 is 1.05 bits per heavy atom. The summed E-state index contributed by atoms with van der Waals surface area (Å²) in [5, 5.41) is 4.10. The lowest BCUT2D eigenvalue weighted by Crippen LogP contribution is -2.24. The highest BCUT2D eigenvalue weighted by atomic mass is 35.6. The molecule has 0 N–H and O–H groups in total. The summed E-state index contributed by atoms with van der Waals surface area (Å²) >= 11 is 34.9. The van der Waals surface area contributed by atoms with E-state index in [9.17, 15) is 0 Å². The second kappa shape index (κ2) is 5.91. The molecule has 0 aromatic carbocycles. The quantitative estimate of drug-likeness (QED) is 0.659. The molecular formula is C9H9Cl6N3O. The molecule has 0 amide bonds. The van der Waals surface area contributed by atoms with Crippen LogP contribution in [0, 0.1) is 0 Å². The average molecular weight is 388 g/mol. The van der Waals surface area contributed by atoms with E-state index < -0.39 is 7.59 Å². The summed E-state index contributed by atoms with van der Waals surface area (Å²) < 4.78 is 3.40. The van der Waals surface area contributed by atoms with Crippen LogP contribution in [0.15, 0.2) is 0 Å². The molecule has 108 valence electrons. The molecule has 1 aromatic heterocycles. The summed E-state index contributed by atoms with van der Waals surface area (Å²) in [4.78, 5) is 4.01. The molecule has 1 aliphatic rings. The van der Waals surface area contributed by atoms with Crippen LogP contribution in [-0.4, -0.2) is 21.4 Å². The molecule has 1 aliphatic heterocycles. The van der Waals surface area contributed by atoms with E-state index in [0.717, 1.165) is 19.3 Å². The maximum absolute atomic E-state index is 5.87. The molecule has 1 saturated heterocycles. The lowest BCUT2D eigenvalue weighted by Gasteiger charge is -2.25. The van der Waals surface area contributed by atoms with Gasteiger partial charge in [-0.15, -0.1) is 5.10 Å². The van der Waals surface area contributed by atoms with Gasteiger partial charge in [-0.1, -0.05) is 69.6 Å². The fraction of sp³-hybridized carbons (Fsp3) is 0.778. The van der Waals surface area contributed by atoms with E-state index in [1.54, 1.807) is 0 Å². The van der Waals surface area contributed by atoms with Gasteiger partial charge in [0.2, 0.25) is 9.62 Å². The highest BCUT2D eigenvalue weighted by Crippen LogP contribution is 2.42. The first-order valence-electron chi connectivity index (χ1n) is 5.42. The first-order chi connectivity index (χ1) is 8.69. The number of aromatic nitrogens is 3. The smallest absolute Gasteiger partial charge is 0.251 e. The Morgan fingerprint density at radius 3 is 2.21 bits per heavy atom. The SMILES string of the molecule is ClC(Cl)(Cl)c1nc(C(Cl)(Cl)Cl)n(C2CCCCO2)n1. The van der Waals surface area contributed by atoms with Crippen molar-refractivity contribution >= 4 is 69.6 Å². The Labute approximate surface area is 140 Å². The Bertz CT molecular complexity index is 446. The van der Waals surface area contributed by atoms with E-state index in [1.807, 2.05) is 0 Å². The van der Waals surface area contributed by atoms with Crippen LogP contribution < -0.4 is 0 Å². The van der Waals surface area contributed by atoms with Gasteiger partial charge in [-0.05, 0) is 19.3 Å². The minimum atomic E-state index is -1.79. The Hall–Kier alpha value is 0.840. The van der Waals surface area contributed by atoms with E-state index in [1.165, 1.54) is 4.68 Å². The zero-order valence-corrected chi connectivity index (χ0v) is 14.0. The molecule has 1 aromatic rings. The normalized spacial score (nSPS) is 21.7. The van der Waals surface area contributed by atoms with Gasteiger partial charge in [0.1, 0.15) is 0 Å². The summed E-state index contributed by atoms with van der Waals surface area (Å²) in [6.45, 7) is 0.604. The van der Waals surface area contributed by atoms with Crippen LogP contribution in [-0.2, 0) is 12.3 Å². The maximum atomic E-state index is 5.87. The van der Waals surface area contributed by atoms with Gasteiger partial charge >= 0.3 is 0 Å². The summed E-state index contributed by atoms with van der Waals surface area (Å²) in [6.07, 6.45) is 2.32. The van der Waals surface area contributed by atoms with Gasteiger partial charge < -0.3 is 4.74 Å². The topological polar surface area (TPSA) is 39.9 Å². The lowest BCUT2D eigenvalue weighted by atomic mass is 10.2. The predicted octanol–water partition coefficient (Wildman–Crippen LogP) is 4.63. The lowest BCUT2D eigenvalue weighted by molar-refractivity contribution is -0.0415. The molecule has 0 saturated carbocycles. The minimum Gasteiger partial charge on any atom is -0.356 e. The van der Waals surface area contributed by atoms with Crippen molar-refractivity contribution in [3.63, 3.8) is 0 Å². The fourth-order valence-electron chi connectivity index (χ4n) is 1.75. The molecule has 1 unspecified atom stereocenters. The van der Waals surface area contributed by atoms with Crippen molar-refractivity contribution in [3.8, 4) is 0 Å². The second-order valence-corrected chi connectivity index (χ2v) is 8.58. The second-order valence-electron chi connectivity index (χ2n) is 4.02. The van der Waals surface area contributed by atoms with Crippen molar-refractivity contribution in [1.29, 1.82) is 0 Å². The van der Waals surface area contributed by atoms with Crippen molar-refractivity contribution in [2.75, 3.05) is 6.61 Å². The highest BCUT2D eigenvalue weighted by Gasteiger charge is 2.38. The monoisotopic (exact) mass is 385 g/mol. The molecule has 1 atom stereocenters. The number of halogens is 6. The number of hydrogen-bond donors (Lipinski definition) is 0. The first-order valence-corrected chi connectivity index (χ1v) is 7.69. The van der Waals surface area contributed by atoms with Gasteiger partial charge in [-0.25, -0.2) is 9.67 Å². The van der Waals surface area contributed by atoms with Crippen molar-refractivity contribution in [3.05, 3.63) is 11.6 Å². The number of ether oxygens (including phenoxy) is 1. The van der Waals surface area contributed by atoms with E-state index in [0.29, 0.717) is 6.61 Å². The molecule has 0 spiro atoms. The molecular weight excluding hydrogens is 379 g/mol. The summed E-state index contributed by atoms with van der Waals surface area (Å²) in [6, 6.07) is 0. The van der Waals surface area contributed by atoms with Gasteiger partial charge in [0.05, 0.1) is 0 Å².